The van der Waals surface area contributed by atoms with Crippen LogP contribution in [0.5, 0.6) is 0 Å². The minimum Gasteiger partial charge on any atom is -0.0776 e. The average molecular weight is 375 g/mol. The van der Waals surface area contributed by atoms with E-state index in [1.54, 1.807) is 11.1 Å². The first-order chi connectivity index (χ1) is 12.7. The topological polar surface area (TPSA) is 0 Å². The zero-order chi connectivity index (χ0) is 17.9. The van der Waals surface area contributed by atoms with Crippen LogP contribution in [0.25, 0.3) is 0 Å². The van der Waals surface area contributed by atoms with E-state index in [2.05, 4.69) is 38.1 Å². The summed E-state index contributed by atoms with van der Waals surface area (Å²) >= 11 is 0. The number of hydrogen-bond donors (Lipinski definition) is 0. The summed E-state index contributed by atoms with van der Waals surface area (Å²) < 4.78 is 0. The Labute approximate surface area is 174 Å². The third kappa shape index (κ3) is 5.18. The summed E-state index contributed by atoms with van der Waals surface area (Å²) in [6.45, 7) is 4.87. The Balaban J connectivity index is 0.00000210. The molecule has 1 aromatic rings. The molecule has 0 aromatic heterocycles. The van der Waals surface area contributed by atoms with Crippen LogP contribution in [0.2, 0.25) is 0 Å². The van der Waals surface area contributed by atoms with E-state index in [1.165, 1.54) is 77.0 Å². The zero-order valence-electron chi connectivity index (χ0n) is 17.3. The van der Waals surface area contributed by atoms with Crippen molar-refractivity contribution in [2.24, 2.45) is 23.7 Å². The van der Waals surface area contributed by atoms with Crippen molar-refractivity contribution in [1.82, 2.24) is 0 Å². The van der Waals surface area contributed by atoms with Gasteiger partial charge >= 0.3 is 0 Å². The van der Waals surface area contributed by atoms with Gasteiger partial charge in [0.15, 0.2) is 0 Å². The fourth-order valence-electron chi connectivity index (χ4n) is 6.31. The Morgan fingerprint density at radius 2 is 0.815 bits per heavy atom. The van der Waals surface area contributed by atoms with Crippen LogP contribution in [0, 0.1) is 23.7 Å². The summed E-state index contributed by atoms with van der Waals surface area (Å²) in [5, 5.41) is 0. The number of benzene rings is 1. The summed E-state index contributed by atoms with van der Waals surface area (Å²) in [5.41, 5.74) is 3.25. The van der Waals surface area contributed by atoms with Crippen LogP contribution in [0.15, 0.2) is 24.3 Å². The standard InChI is InChI=1S/C26H40.CH4.3H2/c1-19-3-7-21(8-4-19)23-11-15-25(16-12-23)26-17-13-24(14-18-26)22-9-5-20(2)6-10-22;;;;/h11-12,15-16,19-22,24,26H,3-10,13-14,17-18H2,1-2H3;1H4;3*1H. The summed E-state index contributed by atoms with van der Waals surface area (Å²) in [4.78, 5) is 0. The zero-order valence-corrected chi connectivity index (χ0v) is 17.3. The fourth-order valence-corrected chi connectivity index (χ4v) is 6.31. The molecule has 158 valence electrons. The van der Waals surface area contributed by atoms with Crippen molar-refractivity contribution in [2.75, 3.05) is 0 Å². The van der Waals surface area contributed by atoms with E-state index < -0.39 is 0 Å². The van der Waals surface area contributed by atoms with Gasteiger partial charge in [0.25, 0.3) is 0 Å². The molecule has 0 N–H and O–H groups in total. The van der Waals surface area contributed by atoms with Gasteiger partial charge in [-0.3, -0.25) is 0 Å². The fraction of sp³-hybridized carbons (Fsp3) is 0.778. The first-order valence-electron chi connectivity index (χ1n) is 11.8. The SMILES string of the molecule is C.CC1CCC(c2ccc(C3CCC(C4CCC(C)CC4)CC3)cc2)CC1.[HH].[HH].[HH]. The molecule has 3 saturated carbocycles. The van der Waals surface area contributed by atoms with Crippen molar-refractivity contribution >= 4 is 0 Å². The van der Waals surface area contributed by atoms with Crippen molar-refractivity contribution in [3.63, 3.8) is 0 Å². The van der Waals surface area contributed by atoms with Crippen molar-refractivity contribution < 1.29 is 4.28 Å². The van der Waals surface area contributed by atoms with E-state index in [0.29, 0.717) is 0 Å². The third-order valence-corrected chi connectivity index (χ3v) is 8.39. The van der Waals surface area contributed by atoms with Crippen LogP contribution in [0.1, 0.15) is 126 Å². The minimum atomic E-state index is 0. The van der Waals surface area contributed by atoms with Gasteiger partial charge in [0.05, 0.1) is 0 Å². The van der Waals surface area contributed by atoms with Gasteiger partial charge in [0.1, 0.15) is 0 Å². The van der Waals surface area contributed by atoms with E-state index in [4.69, 9.17) is 0 Å². The Hall–Kier alpha value is -0.780. The first kappa shape index (κ1) is 20.9. The third-order valence-electron chi connectivity index (χ3n) is 8.39. The predicted octanol–water partition coefficient (Wildman–Crippen LogP) is 9.45. The van der Waals surface area contributed by atoms with Crippen LogP contribution in [0.4, 0.5) is 0 Å². The van der Waals surface area contributed by atoms with Crippen LogP contribution < -0.4 is 0 Å². The van der Waals surface area contributed by atoms with Gasteiger partial charge in [-0.25, -0.2) is 0 Å². The lowest BCUT2D eigenvalue weighted by atomic mass is 9.68. The Kier molecular flexibility index (Phi) is 7.46. The van der Waals surface area contributed by atoms with Crippen molar-refractivity contribution in [2.45, 2.75) is 110 Å². The lowest BCUT2D eigenvalue weighted by molar-refractivity contribution is 0.165. The van der Waals surface area contributed by atoms with Crippen molar-refractivity contribution in [3.8, 4) is 0 Å². The summed E-state index contributed by atoms with van der Waals surface area (Å²) in [5.74, 6) is 5.73. The molecular formula is C27H50. The second-order valence-corrected chi connectivity index (χ2v) is 10.3. The highest BCUT2D eigenvalue weighted by Crippen LogP contribution is 2.44. The van der Waals surface area contributed by atoms with Crippen LogP contribution in [-0.2, 0) is 0 Å². The second-order valence-electron chi connectivity index (χ2n) is 10.3. The van der Waals surface area contributed by atoms with Gasteiger partial charge in [-0.2, -0.15) is 0 Å². The van der Waals surface area contributed by atoms with Crippen LogP contribution >= 0.6 is 0 Å². The molecule has 3 fully saturated rings. The van der Waals surface area contributed by atoms with Gasteiger partial charge in [-0.05, 0) is 98.0 Å². The highest BCUT2D eigenvalue weighted by molar-refractivity contribution is 5.28. The molecule has 0 heteroatoms. The minimum absolute atomic E-state index is 0. The molecule has 0 amide bonds. The monoisotopic (exact) mass is 374 g/mol. The van der Waals surface area contributed by atoms with Crippen LogP contribution in [-0.4, -0.2) is 0 Å². The molecule has 4 rings (SSSR count). The Morgan fingerprint density at radius 3 is 1.22 bits per heavy atom. The van der Waals surface area contributed by atoms with Gasteiger partial charge < -0.3 is 0 Å². The van der Waals surface area contributed by atoms with E-state index in [-0.39, 0.29) is 11.7 Å². The summed E-state index contributed by atoms with van der Waals surface area (Å²) in [7, 11) is 0. The molecule has 0 spiro atoms. The lowest BCUT2D eigenvalue weighted by Gasteiger charge is -2.37. The van der Waals surface area contributed by atoms with Gasteiger partial charge in [-0.15, -0.1) is 0 Å². The molecule has 0 unspecified atom stereocenters. The Bertz CT molecular complexity index is 546. The molecule has 0 saturated heterocycles. The number of rotatable bonds is 3. The lowest BCUT2D eigenvalue weighted by Crippen LogP contribution is -2.24. The van der Waals surface area contributed by atoms with Gasteiger partial charge in [0.2, 0.25) is 0 Å². The molecule has 3 aliphatic rings. The molecule has 1 aromatic carbocycles. The first-order valence-corrected chi connectivity index (χ1v) is 11.8. The summed E-state index contributed by atoms with van der Waals surface area (Å²) in [6.07, 6.45) is 17.6. The maximum atomic E-state index is 2.49. The molecule has 0 bridgehead atoms. The predicted molar refractivity (Wildman–Crippen MR) is 126 cm³/mol. The van der Waals surface area contributed by atoms with Crippen LogP contribution in [0.3, 0.4) is 0 Å². The molecule has 27 heavy (non-hydrogen) atoms. The average Bonchev–Trinajstić information content (AvgIpc) is 2.70. The van der Waals surface area contributed by atoms with E-state index in [0.717, 1.165) is 35.5 Å². The second kappa shape index (κ2) is 9.62. The summed E-state index contributed by atoms with van der Waals surface area (Å²) in [6, 6.07) is 9.93. The van der Waals surface area contributed by atoms with Crippen molar-refractivity contribution in [1.29, 1.82) is 0 Å². The Morgan fingerprint density at radius 1 is 0.519 bits per heavy atom. The molecule has 0 atom stereocenters. The van der Waals surface area contributed by atoms with Gasteiger partial charge in [-0.1, -0.05) is 71.2 Å². The highest BCUT2D eigenvalue weighted by Gasteiger charge is 2.30. The molecule has 0 nitrogen and oxygen atoms in total. The van der Waals surface area contributed by atoms with Crippen molar-refractivity contribution in [3.05, 3.63) is 35.4 Å². The smallest absolute Gasteiger partial charge is 0 e. The van der Waals surface area contributed by atoms with Gasteiger partial charge in [0, 0.05) is 4.28 Å². The molecule has 0 aliphatic heterocycles. The molecule has 3 aliphatic carbocycles. The quantitative estimate of drug-likeness (QED) is 0.494. The van der Waals surface area contributed by atoms with E-state index >= 15 is 0 Å². The normalized spacial score (nSPS) is 37.4. The maximum Gasteiger partial charge on any atom is 0 e. The van der Waals surface area contributed by atoms with E-state index in [9.17, 15) is 0 Å². The number of hydrogen-bond acceptors (Lipinski definition) is 0. The molecule has 0 radical (unpaired) electrons. The molecular weight excluding hydrogens is 324 g/mol. The molecule has 0 heterocycles. The highest BCUT2D eigenvalue weighted by atomic mass is 14.4. The largest absolute Gasteiger partial charge is 0.0776 e. The van der Waals surface area contributed by atoms with E-state index in [1.807, 2.05) is 0 Å². The maximum absolute atomic E-state index is 2.49.